The van der Waals surface area contributed by atoms with Crippen molar-refractivity contribution in [1.29, 1.82) is 0 Å². The van der Waals surface area contributed by atoms with Gasteiger partial charge in [-0.15, -0.1) is 0 Å². The van der Waals surface area contributed by atoms with E-state index < -0.39 is 0 Å². The van der Waals surface area contributed by atoms with Crippen LogP contribution in [0.5, 0.6) is 0 Å². The van der Waals surface area contributed by atoms with Gasteiger partial charge in [-0.2, -0.15) is 0 Å². The number of morpholine rings is 1. The number of anilines is 2. The number of hydrogen-bond donors (Lipinski definition) is 1. The summed E-state index contributed by atoms with van der Waals surface area (Å²) in [6.07, 6.45) is 11.0. The van der Waals surface area contributed by atoms with Gasteiger partial charge in [0.25, 0.3) is 0 Å². The fraction of sp³-hybridized carbons (Fsp3) is 0.714. The molecular formula is C21H36N2O. The molecule has 0 radical (unpaired) electrons. The minimum absolute atomic E-state index is 0.842. The van der Waals surface area contributed by atoms with Gasteiger partial charge in [0.1, 0.15) is 0 Å². The zero-order chi connectivity index (χ0) is 17.0. The Kier molecular flexibility index (Phi) is 9.04. The van der Waals surface area contributed by atoms with Crippen LogP contribution >= 0.6 is 0 Å². The van der Waals surface area contributed by atoms with Gasteiger partial charge >= 0.3 is 0 Å². The number of hydrogen-bond acceptors (Lipinski definition) is 3. The average Bonchev–Trinajstić information content (AvgIpc) is 2.62. The molecule has 3 heteroatoms. The standard InChI is InChI=1S/C21H36N2O/c1-3-4-5-6-7-8-9-10-13-22-21-18-20(12-11-19(21)2)23-14-16-24-17-15-23/h11-12,18,22H,3-10,13-17H2,1-2H3. The molecule has 0 aromatic heterocycles. The van der Waals surface area contributed by atoms with Crippen molar-refractivity contribution < 1.29 is 4.74 Å². The molecule has 3 nitrogen and oxygen atoms in total. The molecule has 0 saturated carbocycles. The molecule has 0 unspecified atom stereocenters. The van der Waals surface area contributed by atoms with Gasteiger partial charge in [0.05, 0.1) is 13.2 Å². The van der Waals surface area contributed by atoms with Crippen molar-refractivity contribution in [3.8, 4) is 0 Å². The summed E-state index contributed by atoms with van der Waals surface area (Å²) in [6.45, 7) is 9.24. The van der Waals surface area contributed by atoms with E-state index in [1.54, 1.807) is 0 Å². The lowest BCUT2D eigenvalue weighted by Crippen LogP contribution is -2.36. The highest BCUT2D eigenvalue weighted by molar-refractivity contribution is 5.62. The summed E-state index contributed by atoms with van der Waals surface area (Å²) in [7, 11) is 0. The summed E-state index contributed by atoms with van der Waals surface area (Å²) in [5.41, 5.74) is 3.95. The average molecular weight is 333 g/mol. The SMILES string of the molecule is CCCCCCCCCCNc1cc(N2CCOCC2)ccc1C. The Bertz CT molecular complexity index is 455. The molecule has 1 aliphatic rings. The molecule has 0 aliphatic carbocycles. The van der Waals surface area contributed by atoms with Crippen LogP contribution in [0.1, 0.15) is 63.9 Å². The van der Waals surface area contributed by atoms with Crippen LogP contribution in [-0.4, -0.2) is 32.8 Å². The van der Waals surface area contributed by atoms with Crippen molar-refractivity contribution in [3.05, 3.63) is 23.8 Å². The molecule has 2 rings (SSSR count). The molecule has 1 aromatic carbocycles. The number of rotatable bonds is 11. The van der Waals surface area contributed by atoms with E-state index in [0.717, 1.165) is 32.8 Å². The Morgan fingerprint density at radius 1 is 0.958 bits per heavy atom. The van der Waals surface area contributed by atoms with E-state index in [1.165, 1.54) is 68.3 Å². The van der Waals surface area contributed by atoms with Gasteiger partial charge in [0, 0.05) is 31.0 Å². The van der Waals surface area contributed by atoms with Gasteiger partial charge in [0.2, 0.25) is 0 Å². The van der Waals surface area contributed by atoms with Crippen LogP contribution in [0.25, 0.3) is 0 Å². The second-order valence-electron chi connectivity index (χ2n) is 7.00. The maximum absolute atomic E-state index is 5.45. The van der Waals surface area contributed by atoms with Gasteiger partial charge in [-0.1, -0.05) is 57.9 Å². The maximum atomic E-state index is 5.45. The third-order valence-electron chi connectivity index (χ3n) is 4.94. The van der Waals surface area contributed by atoms with Crippen LogP contribution in [0.2, 0.25) is 0 Å². The van der Waals surface area contributed by atoms with E-state index in [4.69, 9.17) is 4.74 Å². The zero-order valence-electron chi connectivity index (χ0n) is 15.8. The minimum atomic E-state index is 0.842. The van der Waals surface area contributed by atoms with Crippen LogP contribution in [-0.2, 0) is 4.74 Å². The van der Waals surface area contributed by atoms with Gasteiger partial charge in [-0.25, -0.2) is 0 Å². The van der Waals surface area contributed by atoms with Gasteiger partial charge < -0.3 is 15.0 Å². The van der Waals surface area contributed by atoms with Crippen LogP contribution in [0, 0.1) is 6.92 Å². The molecule has 0 spiro atoms. The van der Waals surface area contributed by atoms with Crippen molar-refractivity contribution >= 4 is 11.4 Å². The van der Waals surface area contributed by atoms with Crippen molar-refractivity contribution in [2.24, 2.45) is 0 Å². The summed E-state index contributed by atoms with van der Waals surface area (Å²) >= 11 is 0. The molecule has 1 fully saturated rings. The molecule has 0 amide bonds. The molecule has 1 heterocycles. The van der Waals surface area contributed by atoms with Crippen molar-refractivity contribution in [1.82, 2.24) is 0 Å². The lowest BCUT2D eigenvalue weighted by atomic mass is 10.1. The van der Waals surface area contributed by atoms with E-state index in [0.29, 0.717) is 0 Å². The normalized spacial score (nSPS) is 14.8. The number of benzene rings is 1. The second kappa shape index (κ2) is 11.4. The first-order valence-corrected chi connectivity index (χ1v) is 9.98. The van der Waals surface area contributed by atoms with Gasteiger partial charge in [-0.05, 0) is 31.0 Å². The predicted molar refractivity (Wildman–Crippen MR) is 105 cm³/mol. The van der Waals surface area contributed by atoms with Gasteiger partial charge in [-0.3, -0.25) is 0 Å². The van der Waals surface area contributed by atoms with Gasteiger partial charge in [0.15, 0.2) is 0 Å². The Hall–Kier alpha value is -1.22. The molecule has 1 aliphatic heterocycles. The minimum Gasteiger partial charge on any atom is -0.385 e. The maximum Gasteiger partial charge on any atom is 0.0642 e. The number of ether oxygens (including phenoxy) is 1. The van der Waals surface area contributed by atoms with Crippen LogP contribution in [0.15, 0.2) is 18.2 Å². The van der Waals surface area contributed by atoms with Crippen molar-refractivity contribution in [2.45, 2.75) is 65.2 Å². The Morgan fingerprint density at radius 3 is 2.33 bits per heavy atom. The quantitative estimate of drug-likeness (QED) is 0.550. The topological polar surface area (TPSA) is 24.5 Å². The van der Waals surface area contributed by atoms with E-state index in [9.17, 15) is 0 Å². The summed E-state index contributed by atoms with van der Waals surface area (Å²) in [4.78, 5) is 2.42. The first-order valence-electron chi connectivity index (χ1n) is 9.98. The third-order valence-corrected chi connectivity index (χ3v) is 4.94. The molecular weight excluding hydrogens is 296 g/mol. The fourth-order valence-electron chi connectivity index (χ4n) is 3.30. The second-order valence-corrected chi connectivity index (χ2v) is 7.00. The number of unbranched alkanes of at least 4 members (excludes halogenated alkanes) is 7. The molecule has 0 atom stereocenters. The molecule has 136 valence electrons. The first-order chi connectivity index (χ1) is 11.8. The van der Waals surface area contributed by atoms with E-state index >= 15 is 0 Å². The lowest BCUT2D eigenvalue weighted by molar-refractivity contribution is 0.122. The Balaban J connectivity index is 1.66. The molecule has 1 saturated heterocycles. The van der Waals surface area contributed by atoms with Crippen LogP contribution in [0.4, 0.5) is 11.4 Å². The number of nitrogens with zero attached hydrogens (tertiary/aromatic N) is 1. The highest BCUT2D eigenvalue weighted by atomic mass is 16.5. The Labute approximate surface area is 148 Å². The Morgan fingerprint density at radius 2 is 1.62 bits per heavy atom. The smallest absolute Gasteiger partial charge is 0.0642 e. The third kappa shape index (κ3) is 6.72. The highest BCUT2D eigenvalue weighted by Gasteiger charge is 2.12. The predicted octanol–water partition coefficient (Wildman–Crippen LogP) is 5.38. The van der Waals surface area contributed by atoms with E-state index in [2.05, 4.69) is 42.3 Å². The largest absolute Gasteiger partial charge is 0.385 e. The fourth-order valence-corrected chi connectivity index (χ4v) is 3.30. The molecule has 0 bridgehead atoms. The summed E-state index contributed by atoms with van der Waals surface area (Å²) in [5, 5.41) is 3.65. The van der Waals surface area contributed by atoms with Crippen molar-refractivity contribution in [2.75, 3.05) is 43.1 Å². The summed E-state index contributed by atoms with van der Waals surface area (Å²) in [5.74, 6) is 0. The van der Waals surface area contributed by atoms with Crippen molar-refractivity contribution in [3.63, 3.8) is 0 Å². The van der Waals surface area contributed by atoms with E-state index in [1.807, 2.05) is 0 Å². The lowest BCUT2D eigenvalue weighted by Gasteiger charge is -2.29. The monoisotopic (exact) mass is 332 g/mol. The summed E-state index contributed by atoms with van der Waals surface area (Å²) < 4.78 is 5.45. The number of aryl methyl sites for hydroxylation is 1. The molecule has 1 aromatic rings. The highest BCUT2D eigenvalue weighted by Crippen LogP contribution is 2.24. The van der Waals surface area contributed by atoms with Crippen LogP contribution < -0.4 is 10.2 Å². The molecule has 1 N–H and O–H groups in total. The van der Waals surface area contributed by atoms with Crippen LogP contribution in [0.3, 0.4) is 0 Å². The summed E-state index contributed by atoms with van der Waals surface area (Å²) in [6, 6.07) is 6.79. The zero-order valence-corrected chi connectivity index (χ0v) is 15.8. The molecule has 24 heavy (non-hydrogen) atoms. The number of nitrogens with one attached hydrogen (secondary N) is 1. The van der Waals surface area contributed by atoms with E-state index in [-0.39, 0.29) is 0 Å². The first kappa shape index (κ1) is 19.1.